The highest BCUT2D eigenvalue weighted by Crippen LogP contribution is 2.34. The molecule has 2 aliphatic rings. The zero-order chi connectivity index (χ0) is 16.9. The molecule has 0 saturated carbocycles. The van der Waals surface area contributed by atoms with Crippen LogP contribution in [-0.2, 0) is 14.3 Å². The second kappa shape index (κ2) is 8.12. The van der Waals surface area contributed by atoms with Crippen LogP contribution in [0.2, 0.25) is 0 Å². The summed E-state index contributed by atoms with van der Waals surface area (Å²) < 4.78 is 5.17. The first-order chi connectivity index (χ1) is 11.7. The van der Waals surface area contributed by atoms with Crippen molar-refractivity contribution >= 4 is 23.2 Å². The van der Waals surface area contributed by atoms with E-state index in [0.717, 1.165) is 38.6 Å². The van der Waals surface area contributed by atoms with Crippen LogP contribution in [0.25, 0.3) is 0 Å². The average molecular weight is 350 g/mol. The van der Waals surface area contributed by atoms with Gasteiger partial charge in [-0.05, 0) is 57.0 Å². The molecule has 1 aromatic rings. The molecular formula is C18H26N2O3S. The third kappa shape index (κ3) is 3.81. The van der Waals surface area contributed by atoms with Crippen molar-refractivity contribution < 1.29 is 14.3 Å². The van der Waals surface area contributed by atoms with Gasteiger partial charge in [-0.3, -0.25) is 9.69 Å². The van der Waals surface area contributed by atoms with Crippen molar-refractivity contribution in [3.05, 3.63) is 22.4 Å². The Hall–Kier alpha value is -1.40. The number of hydrogen-bond donors (Lipinski definition) is 0. The average Bonchev–Trinajstić information content (AvgIpc) is 3.26. The van der Waals surface area contributed by atoms with Crippen LogP contribution < -0.4 is 0 Å². The third-order valence-corrected chi connectivity index (χ3v) is 5.93. The van der Waals surface area contributed by atoms with Crippen LogP contribution in [0.4, 0.5) is 0 Å². The fourth-order valence-corrected chi connectivity index (χ4v) is 4.69. The molecule has 132 valence electrons. The molecular weight excluding hydrogens is 324 g/mol. The van der Waals surface area contributed by atoms with Crippen molar-refractivity contribution in [2.45, 2.75) is 51.1 Å². The number of ether oxygens (including phenoxy) is 1. The Morgan fingerprint density at radius 3 is 2.88 bits per heavy atom. The third-order valence-electron chi connectivity index (χ3n) is 4.96. The van der Waals surface area contributed by atoms with Gasteiger partial charge in [-0.25, -0.2) is 4.79 Å². The zero-order valence-corrected chi connectivity index (χ0v) is 15.1. The van der Waals surface area contributed by atoms with Crippen molar-refractivity contribution in [1.29, 1.82) is 0 Å². The lowest BCUT2D eigenvalue weighted by Gasteiger charge is -2.35. The monoisotopic (exact) mass is 350 g/mol. The fourth-order valence-electron chi connectivity index (χ4n) is 3.80. The second-order valence-electron chi connectivity index (χ2n) is 6.49. The van der Waals surface area contributed by atoms with Gasteiger partial charge in [0, 0.05) is 17.5 Å². The molecule has 1 amide bonds. The molecule has 2 aliphatic heterocycles. The zero-order valence-electron chi connectivity index (χ0n) is 14.3. The number of amides is 1. The SMILES string of the molecule is CCOC(=O)[C@@H]1CCCCN1C(=O)CN1CCC[C@@H]1c1cccs1. The molecule has 2 saturated heterocycles. The van der Waals surface area contributed by atoms with Crippen molar-refractivity contribution in [1.82, 2.24) is 9.80 Å². The van der Waals surface area contributed by atoms with Gasteiger partial charge in [0.2, 0.25) is 5.91 Å². The van der Waals surface area contributed by atoms with E-state index in [-0.39, 0.29) is 11.9 Å². The topological polar surface area (TPSA) is 49.9 Å². The van der Waals surface area contributed by atoms with Gasteiger partial charge in [-0.15, -0.1) is 11.3 Å². The quantitative estimate of drug-likeness (QED) is 0.766. The maximum absolute atomic E-state index is 12.9. The Kier molecular flexibility index (Phi) is 5.89. The van der Waals surface area contributed by atoms with Crippen molar-refractivity contribution in [2.75, 3.05) is 26.2 Å². The molecule has 0 aliphatic carbocycles. The number of esters is 1. The van der Waals surface area contributed by atoms with E-state index in [1.54, 1.807) is 16.2 Å². The van der Waals surface area contributed by atoms with Gasteiger partial charge in [-0.1, -0.05) is 6.07 Å². The van der Waals surface area contributed by atoms with Gasteiger partial charge in [0.1, 0.15) is 6.04 Å². The first-order valence-corrected chi connectivity index (χ1v) is 9.82. The van der Waals surface area contributed by atoms with Crippen LogP contribution in [-0.4, -0.2) is 54.0 Å². The predicted molar refractivity (Wildman–Crippen MR) is 93.9 cm³/mol. The Bertz CT molecular complexity index is 561. The number of carbonyl (C=O) groups excluding carboxylic acids is 2. The molecule has 0 N–H and O–H groups in total. The Morgan fingerprint density at radius 2 is 2.12 bits per heavy atom. The van der Waals surface area contributed by atoms with E-state index in [9.17, 15) is 9.59 Å². The standard InChI is InChI=1S/C18H26N2O3S/c1-2-23-18(22)15-7-3-4-11-20(15)17(21)13-19-10-5-8-14(19)16-9-6-12-24-16/h6,9,12,14-15H,2-5,7-8,10-11,13H2,1H3/t14-,15+/m1/s1. The van der Waals surface area contributed by atoms with Gasteiger partial charge < -0.3 is 9.64 Å². The van der Waals surface area contributed by atoms with Crippen LogP contribution in [0.5, 0.6) is 0 Å². The van der Waals surface area contributed by atoms with E-state index in [4.69, 9.17) is 4.74 Å². The normalized spacial score (nSPS) is 25.0. The predicted octanol–water partition coefficient (Wildman–Crippen LogP) is 2.83. The molecule has 5 nitrogen and oxygen atoms in total. The molecule has 2 atom stereocenters. The maximum atomic E-state index is 12.9. The minimum atomic E-state index is -0.394. The van der Waals surface area contributed by atoms with Gasteiger partial charge in [0.25, 0.3) is 0 Å². The summed E-state index contributed by atoms with van der Waals surface area (Å²) in [5.41, 5.74) is 0. The van der Waals surface area contributed by atoms with Crippen molar-refractivity contribution in [3.63, 3.8) is 0 Å². The summed E-state index contributed by atoms with van der Waals surface area (Å²) in [6.45, 7) is 4.19. The van der Waals surface area contributed by atoms with Crippen molar-refractivity contribution in [2.24, 2.45) is 0 Å². The van der Waals surface area contributed by atoms with Gasteiger partial charge >= 0.3 is 5.97 Å². The summed E-state index contributed by atoms with van der Waals surface area (Å²) in [7, 11) is 0. The Balaban J connectivity index is 1.65. The highest BCUT2D eigenvalue weighted by atomic mass is 32.1. The minimum Gasteiger partial charge on any atom is -0.464 e. The number of carbonyl (C=O) groups is 2. The number of thiophene rings is 1. The summed E-state index contributed by atoms with van der Waals surface area (Å²) in [6, 6.07) is 4.17. The molecule has 1 aromatic heterocycles. The number of likely N-dealkylation sites (tertiary alicyclic amines) is 2. The first-order valence-electron chi connectivity index (χ1n) is 8.94. The molecule has 0 unspecified atom stereocenters. The van der Waals surface area contributed by atoms with E-state index in [0.29, 0.717) is 25.7 Å². The lowest BCUT2D eigenvalue weighted by Crippen LogP contribution is -2.51. The van der Waals surface area contributed by atoms with Crippen LogP contribution in [0, 0.1) is 0 Å². The maximum Gasteiger partial charge on any atom is 0.328 e. The first kappa shape index (κ1) is 17.4. The Labute approximate surface area is 147 Å². The molecule has 24 heavy (non-hydrogen) atoms. The highest BCUT2D eigenvalue weighted by Gasteiger charge is 2.35. The van der Waals surface area contributed by atoms with E-state index in [1.165, 1.54) is 4.88 Å². The summed E-state index contributed by atoms with van der Waals surface area (Å²) in [5, 5.41) is 2.09. The van der Waals surface area contributed by atoms with Crippen LogP contribution >= 0.6 is 11.3 Å². The van der Waals surface area contributed by atoms with Crippen LogP contribution in [0.3, 0.4) is 0 Å². The molecule has 3 rings (SSSR count). The summed E-state index contributed by atoms with van der Waals surface area (Å²) in [6.07, 6.45) is 4.90. The molecule has 6 heteroatoms. The van der Waals surface area contributed by atoms with E-state index >= 15 is 0 Å². The van der Waals surface area contributed by atoms with E-state index < -0.39 is 6.04 Å². The largest absolute Gasteiger partial charge is 0.464 e. The minimum absolute atomic E-state index is 0.0659. The highest BCUT2D eigenvalue weighted by molar-refractivity contribution is 7.10. The summed E-state index contributed by atoms with van der Waals surface area (Å²) >= 11 is 1.76. The van der Waals surface area contributed by atoms with Gasteiger partial charge in [0.15, 0.2) is 0 Å². The number of nitrogens with zero attached hydrogens (tertiary/aromatic N) is 2. The number of hydrogen-bond acceptors (Lipinski definition) is 5. The number of piperidine rings is 1. The van der Waals surface area contributed by atoms with Crippen LogP contribution in [0.15, 0.2) is 17.5 Å². The molecule has 3 heterocycles. The summed E-state index contributed by atoms with van der Waals surface area (Å²) in [4.78, 5) is 30.4. The smallest absolute Gasteiger partial charge is 0.328 e. The molecule has 0 spiro atoms. The molecule has 0 radical (unpaired) electrons. The molecule has 0 bridgehead atoms. The molecule has 0 aromatic carbocycles. The lowest BCUT2D eigenvalue weighted by molar-refractivity contribution is -0.157. The molecule has 2 fully saturated rings. The van der Waals surface area contributed by atoms with E-state index in [1.807, 2.05) is 6.92 Å². The lowest BCUT2D eigenvalue weighted by atomic mass is 10.0. The van der Waals surface area contributed by atoms with Gasteiger partial charge in [0.05, 0.1) is 13.2 Å². The fraction of sp³-hybridized carbons (Fsp3) is 0.667. The second-order valence-corrected chi connectivity index (χ2v) is 7.47. The van der Waals surface area contributed by atoms with E-state index in [2.05, 4.69) is 22.4 Å². The number of rotatable bonds is 5. The van der Waals surface area contributed by atoms with Crippen molar-refractivity contribution in [3.8, 4) is 0 Å². The summed E-state index contributed by atoms with van der Waals surface area (Å²) in [5.74, 6) is -0.182. The Morgan fingerprint density at radius 1 is 1.25 bits per heavy atom. The van der Waals surface area contributed by atoms with Gasteiger partial charge in [-0.2, -0.15) is 0 Å². The van der Waals surface area contributed by atoms with Crippen LogP contribution in [0.1, 0.15) is 49.9 Å².